The van der Waals surface area contributed by atoms with Gasteiger partial charge in [0.05, 0.1) is 0 Å². The summed E-state index contributed by atoms with van der Waals surface area (Å²) < 4.78 is 18.6. The Labute approximate surface area is 181 Å². The van der Waals surface area contributed by atoms with Crippen LogP contribution in [0.25, 0.3) is 6.08 Å². The van der Waals surface area contributed by atoms with Crippen molar-refractivity contribution in [3.8, 4) is 0 Å². The van der Waals surface area contributed by atoms with Gasteiger partial charge in [-0.25, -0.2) is 0 Å². The minimum absolute atomic E-state index is 0.135. The molecule has 1 aromatic carbocycles. The number of nitrogens with one attached hydrogen (secondary N) is 1. The molecular formula is C22H44BrN4SiZr. The molecule has 0 bridgehead atoms. The molecule has 0 fully saturated rings. The molecule has 0 heterocycles. The van der Waals surface area contributed by atoms with Crippen LogP contribution in [-0.2, 0) is 14.1 Å². The zero-order valence-corrected chi connectivity index (χ0v) is 26.3. The third-order valence-electron chi connectivity index (χ3n) is 10.8. The van der Waals surface area contributed by atoms with Gasteiger partial charge in [0.15, 0.2) is 0 Å². The number of fused-ring (bicyclic) bond motifs is 1. The maximum atomic E-state index is 4.46. The fraction of sp³-hybridized carbons (Fsp3) is 0.636. The Morgan fingerprint density at radius 3 is 1.79 bits per heavy atom. The van der Waals surface area contributed by atoms with E-state index in [1.807, 2.05) is 0 Å². The Balaban J connectivity index is 3.43. The monoisotopic (exact) mass is 561 g/mol. The molecule has 1 aliphatic carbocycles. The first kappa shape index (κ1) is 25.6. The summed E-state index contributed by atoms with van der Waals surface area (Å²) in [6.45, 7) is 11.4. The molecule has 0 saturated heterocycles. The molecule has 1 unspecified atom stereocenters. The topological polar surface area (TPSA) is 21.8 Å². The summed E-state index contributed by atoms with van der Waals surface area (Å²) in [5.74, 6) is 0. The van der Waals surface area contributed by atoms with E-state index in [-0.39, 0.29) is 9.16 Å². The van der Waals surface area contributed by atoms with Crippen molar-refractivity contribution in [3.05, 3.63) is 39.4 Å². The summed E-state index contributed by atoms with van der Waals surface area (Å²) in [4.78, 5) is 0. The molecule has 1 aromatic rings. The van der Waals surface area contributed by atoms with Crippen molar-refractivity contribution in [1.29, 1.82) is 0 Å². The van der Waals surface area contributed by atoms with Gasteiger partial charge in [-0.1, -0.05) is 0 Å². The molecule has 1 aliphatic rings. The molecule has 0 saturated carbocycles. The van der Waals surface area contributed by atoms with Crippen LogP contribution in [0, 0.1) is 0 Å². The first-order chi connectivity index (χ1) is 12.6. The van der Waals surface area contributed by atoms with Crippen LogP contribution in [0.4, 0.5) is 0 Å². The van der Waals surface area contributed by atoms with Crippen molar-refractivity contribution >= 4 is 28.9 Å². The van der Waals surface area contributed by atoms with Crippen LogP contribution in [-0.4, -0.2) is 63.2 Å². The van der Waals surface area contributed by atoms with Gasteiger partial charge in [-0.2, -0.15) is 0 Å². The summed E-state index contributed by atoms with van der Waals surface area (Å²) in [6, 6.07) is 6.65. The van der Waals surface area contributed by atoms with E-state index in [9.17, 15) is 0 Å². The second kappa shape index (κ2) is 5.30. The average molecular weight is 564 g/mol. The van der Waals surface area contributed by atoms with Gasteiger partial charge in [-0.05, 0) is 0 Å². The molecule has 4 nitrogen and oxygen atoms in total. The summed E-state index contributed by atoms with van der Waals surface area (Å²) in [5, 5.41) is 0. The number of nitrogens with zero attached hydrogens (tertiary/aromatic N) is 3. The second-order valence-corrected chi connectivity index (χ2v) is 69.5. The quantitative estimate of drug-likeness (QED) is 0.530. The Morgan fingerprint density at radius 2 is 1.41 bits per heavy atom. The molecule has 1 atom stereocenters. The molecule has 7 heteroatoms. The van der Waals surface area contributed by atoms with Gasteiger partial charge in [0.1, 0.15) is 0 Å². The molecule has 0 spiro atoms. The summed E-state index contributed by atoms with van der Waals surface area (Å²) in [7, 11) is 13.7. The van der Waals surface area contributed by atoms with Crippen LogP contribution in [0.5, 0.6) is 0 Å². The number of rotatable bonds is 5. The van der Waals surface area contributed by atoms with E-state index in [1.165, 1.54) is 16.7 Å². The van der Waals surface area contributed by atoms with Crippen LogP contribution < -0.4 is 3.26 Å². The zero-order valence-electron chi connectivity index (χ0n) is 20.8. The van der Waals surface area contributed by atoms with E-state index in [2.05, 4.69) is 138 Å². The number of hydrogen-bond donors (Lipinski definition) is 1. The Morgan fingerprint density at radius 1 is 0.966 bits per heavy atom. The van der Waals surface area contributed by atoms with Crippen molar-refractivity contribution in [1.82, 2.24) is 11.8 Å². The fourth-order valence-corrected chi connectivity index (χ4v) is 43.8. The Bertz CT molecular complexity index is 1050. The first-order valence-electron chi connectivity index (χ1n) is 10.6. The van der Waals surface area contributed by atoms with E-state index in [0.29, 0.717) is 0 Å². The van der Waals surface area contributed by atoms with Gasteiger partial charge < -0.3 is 0 Å². The van der Waals surface area contributed by atoms with E-state index in [4.69, 9.17) is 0 Å². The molecule has 29 heavy (non-hydrogen) atoms. The van der Waals surface area contributed by atoms with Crippen LogP contribution in [0.1, 0.15) is 42.4 Å². The molecule has 0 aromatic heterocycles. The fourth-order valence-electron chi connectivity index (χ4n) is 7.37. The van der Waals surface area contributed by atoms with Crippen LogP contribution in [0.3, 0.4) is 0 Å². The predicted molar refractivity (Wildman–Crippen MR) is 135 cm³/mol. The third-order valence-corrected chi connectivity index (χ3v) is 70.0. The third kappa shape index (κ3) is 2.31. The van der Waals surface area contributed by atoms with Gasteiger partial charge in [0, 0.05) is 0 Å². The molecule has 1 N–H and O–H groups in total. The summed E-state index contributed by atoms with van der Waals surface area (Å²) >= 11 is -2.14. The van der Waals surface area contributed by atoms with E-state index in [1.54, 1.807) is 0 Å². The van der Waals surface area contributed by atoms with Crippen molar-refractivity contribution in [2.75, 3.05) is 42.3 Å². The zero-order chi connectivity index (χ0) is 23.0. The Hall–Kier alpha value is 0.380. The number of benzene rings is 1. The van der Waals surface area contributed by atoms with E-state index >= 15 is 0 Å². The molecule has 0 radical (unpaired) electrons. The number of halogens is 1. The van der Waals surface area contributed by atoms with Gasteiger partial charge in [0.25, 0.3) is 0 Å². The maximum absolute atomic E-state index is 5.97. The van der Waals surface area contributed by atoms with Crippen molar-refractivity contribution in [3.63, 3.8) is 0 Å². The SMILES string of the molecule is CC1=Cc2c(Br)cccc2[CH]1[Zr]([CH3])([CH3])(=[SiH2])([NH]C(C)(C)C)([N](C)C)([N](C)C)[N](C)C. The minimum atomic E-state index is -5.97. The molecule has 167 valence electrons. The van der Waals surface area contributed by atoms with Crippen molar-refractivity contribution < 1.29 is 14.1 Å². The first-order valence-corrected chi connectivity index (χ1v) is 28.2. The van der Waals surface area contributed by atoms with Crippen LogP contribution >= 0.6 is 15.9 Å². The summed E-state index contributed by atoms with van der Waals surface area (Å²) in [6.07, 6.45) is 2.39. The van der Waals surface area contributed by atoms with Gasteiger partial charge >= 0.3 is 183 Å². The Kier molecular flexibility index (Phi) is 4.68. The average Bonchev–Trinajstić information content (AvgIpc) is 2.85. The van der Waals surface area contributed by atoms with Gasteiger partial charge in [-0.3, -0.25) is 0 Å². The number of allylic oxidation sites excluding steroid dienone is 1. The molecule has 0 aliphatic heterocycles. The van der Waals surface area contributed by atoms with E-state index < -0.39 is 14.1 Å². The normalized spacial score (nSPS) is 23.3. The van der Waals surface area contributed by atoms with Crippen LogP contribution in [0.15, 0.2) is 28.2 Å². The van der Waals surface area contributed by atoms with Gasteiger partial charge in [0.2, 0.25) is 0 Å². The standard InChI is InChI=1S/C10H8Br.C4H10N.3C2H6N.2CH3.H2Si.Zr/c1-7-5-8-3-2-4-10(11)9(8)6-7;1-4(2,3)5;3*1-3-2;;;;/h2-6H,1H3;5H,1-3H3;3*1-2H3;2*1H3;1H2;/q;4*-1;;;;+4. The van der Waals surface area contributed by atoms with Crippen molar-refractivity contribution in [2.45, 2.75) is 46.1 Å². The van der Waals surface area contributed by atoms with E-state index in [0.717, 1.165) is 4.47 Å². The summed E-state index contributed by atoms with van der Waals surface area (Å²) in [5.41, 5.74) is 3.95. The predicted octanol–water partition coefficient (Wildman–Crippen LogP) is 4.58. The molecule has 0 amide bonds. The van der Waals surface area contributed by atoms with Crippen molar-refractivity contribution in [2.24, 2.45) is 0 Å². The van der Waals surface area contributed by atoms with Gasteiger partial charge in [-0.15, -0.1) is 0 Å². The molecule has 2 rings (SSSR count). The second-order valence-electron chi connectivity index (χ2n) is 13.8. The molecular weight excluding hydrogens is 519 g/mol. The number of hydrogen-bond acceptors (Lipinski definition) is 4. The van der Waals surface area contributed by atoms with Crippen LogP contribution in [0.2, 0.25) is 9.26 Å².